The summed E-state index contributed by atoms with van der Waals surface area (Å²) >= 11 is 12.0. The molecule has 5 nitrogen and oxygen atoms in total. The molecule has 0 spiro atoms. The highest BCUT2D eigenvalue weighted by atomic mass is 35.5. The van der Waals surface area contributed by atoms with Crippen LogP contribution in [0.2, 0.25) is 10.0 Å². The number of rotatable bonds is 4. The van der Waals surface area contributed by atoms with Crippen LogP contribution in [0, 0.1) is 0 Å². The second-order valence-electron chi connectivity index (χ2n) is 5.19. The number of aromatic nitrogens is 3. The van der Waals surface area contributed by atoms with Gasteiger partial charge in [-0.1, -0.05) is 35.3 Å². The van der Waals surface area contributed by atoms with Gasteiger partial charge in [0.1, 0.15) is 0 Å². The van der Waals surface area contributed by atoms with Gasteiger partial charge >= 0.3 is 0 Å². The average Bonchev–Trinajstić information content (AvgIpc) is 2.94. The van der Waals surface area contributed by atoms with E-state index < -0.39 is 0 Å². The fourth-order valence-electron chi connectivity index (χ4n) is 2.35. The van der Waals surface area contributed by atoms with Crippen LogP contribution in [0.1, 0.15) is 24.4 Å². The van der Waals surface area contributed by atoms with Crippen molar-refractivity contribution in [3.63, 3.8) is 0 Å². The molecule has 1 N–H and O–H groups in total. The van der Waals surface area contributed by atoms with Crippen molar-refractivity contribution in [1.29, 1.82) is 0 Å². The normalized spacial score (nSPS) is 12.3. The number of fused-ring (bicyclic) bond motifs is 1. The molecule has 118 valence electrons. The van der Waals surface area contributed by atoms with Crippen molar-refractivity contribution >= 4 is 34.8 Å². The molecular weight excluding hydrogens is 335 g/mol. The number of carbonyl (C=O) groups is 1. The standard InChI is InChI=1S/C16H14Cl2N4O/c1-10(16-21-20-14-4-2-3-7-22(14)16)19-15(23)8-11-5-6-12(17)9-13(11)18/h2-7,9-10H,8H2,1H3,(H,19,23). The molecule has 1 aromatic carbocycles. The van der Waals surface area contributed by atoms with Gasteiger partial charge in [0.05, 0.1) is 12.5 Å². The van der Waals surface area contributed by atoms with Crippen LogP contribution in [0.5, 0.6) is 0 Å². The van der Waals surface area contributed by atoms with Crippen LogP contribution < -0.4 is 5.32 Å². The van der Waals surface area contributed by atoms with E-state index in [-0.39, 0.29) is 18.4 Å². The van der Waals surface area contributed by atoms with Crippen molar-refractivity contribution in [3.8, 4) is 0 Å². The van der Waals surface area contributed by atoms with Crippen LogP contribution in [-0.2, 0) is 11.2 Å². The molecule has 0 aliphatic rings. The quantitative estimate of drug-likeness (QED) is 0.785. The molecule has 1 amide bonds. The molecule has 0 radical (unpaired) electrons. The van der Waals surface area contributed by atoms with E-state index in [0.717, 1.165) is 11.2 Å². The van der Waals surface area contributed by atoms with Crippen molar-refractivity contribution in [3.05, 3.63) is 64.0 Å². The molecule has 1 unspecified atom stereocenters. The van der Waals surface area contributed by atoms with E-state index in [1.54, 1.807) is 18.2 Å². The fourth-order valence-corrected chi connectivity index (χ4v) is 2.83. The summed E-state index contributed by atoms with van der Waals surface area (Å²) in [5.41, 5.74) is 1.47. The van der Waals surface area contributed by atoms with Crippen LogP contribution in [-0.4, -0.2) is 20.5 Å². The van der Waals surface area contributed by atoms with Crippen LogP contribution in [0.4, 0.5) is 0 Å². The minimum atomic E-state index is -0.272. The molecule has 0 saturated heterocycles. The molecule has 7 heteroatoms. The minimum absolute atomic E-state index is 0.144. The predicted molar refractivity (Wildman–Crippen MR) is 89.7 cm³/mol. The molecule has 1 atom stereocenters. The van der Waals surface area contributed by atoms with Gasteiger partial charge in [-0.2, -0.15) is 0 Å². The molecule has 0 fully saturated rings. The summed E-state index contributed by atoms with van der Waals surface area (Å²) in [5, 5.41) is 12.2. The number of amides is 1. The lowest BCUT2D eigenvalue weighted by Crippen LogP contribution is -2.29. The number of benzene rings is 1. The van der Waals surface area contributed by atoms with Gasteiger partial charge in [0.2, 0.25) is 5.91 Å². The first-order valence-electron chi connectivity index (χ1n) is 7.07. The molecule has 23 heavy (non-hydrogen) atoms. The number of hydrogen-bond acceptors (Lipinski definition) is 3. The number of pyridine rings is 1. The van der Waals surface area contributed by atoms with E-state index in [1.807, 2.05) is 35.7 Å². The maximum Gasteiger partial charge on any atom is 0.225 e. The SMILES string of the molecule is CC(NC(=O)Cc1ccc(Cl)cc1Cl)c1nnc2ccccn12. The van der Waals surface area contributed by atoms with Gasteiger partial charge in [0.15, 0.2) is 11.5 Å². The predicted octanol–water partition coefficient (Wildman–Crippen LogP) is 3.46. The third-order valence-electron chi connectivity index (χ3n) is 3.47. The molecule has 3 aromatic rings. The van der Waals surface area contributed by atoms with Crippen LogP contribution in [0.3, 0.4) is 0 Å². The first-order valence-corrected chi connectivity index (χ1v) is 7.83. The Hall–Kier alpha value is -2.11. The molecule has 2 heterocycles. The minimum Gasteiger partial charge on any atom is -0.346 e. The maximum absolute atomic E-state index is 12.2. The zero-order chi connectivity index (χ0) is 16.4. The Balaban J connectivity index is 1.72. The Labute approximate surface area is 143 Å². The largest absolute Gasteiger partial charge is 0.346 e. The molecule has 2 aromatic heterocycles. The summed E-state index contributed by atoms with van der Waals surface area (Å²) in [5.74, 6) is 0.533. The molecule has 0 aliphatic heterocycles. The first kappa shape index (κ1) is 15.8. The Bertz CT molecular complexity index is 862. The maximum atomic E-state index is 12.2. The van der Waals surface area contributed by atoms with Crippen LogP contribution in [0.15, 0.2) is 42.6 Å². The van der Waals surface area contributed by atoms with Gasteiger partial charge in [-0.3, -0.25) is 9.20 Å². The van der Waals surface area contributed by atoms with E-state index in [9.17, 15) is 4.79 Å². The second kappa shape index (κ2) is 6.56. The van der Waals surface area contributed by atoms with Crippen LogP contribution in [0.25, 0.3) is 5.65 Å². The summed E-state index contributed by atoms with van der Waals surface area (Å²) in [6.45, 7) is 1.87. The number of nitrogens with zero attached hydrogens (tertiary/aromatic N) is 3. The van der Waals surface area contributed by atoms with E-state index >= 15 is 0 Å². The van der Waals surface area contributed by atoms with Gasteiger partial charge in [0.25, 0.3) is 0 Å². The highest BCUT2D eigenvalue weighted by molar-refractivity contribution is 6.35. The zero-order valence-corrected chi connectivity index (χ0v) is 13.8. The summed E-state index contributed by atoms with van der Waals surface area (Å²) < 4.78 is 1.85. The zero-order valence-electron chi connectivity index (χ0n) is 12.3. The Morgan fingerprint density at radius 2 is 2.09 bits per heavy atom. The van der Waals surface area contributed by atoms with Crippen molar-refractivity contribution in [2.75, 3.05) is 0 Å². The van der Waals surface area contributed by atoms with Gasteiger partial charge in [-0.05, 0) is 36.8 Å². The van der Waals surface area contributed by atoms with Crippen molar-refractivity contribution < 1.29 is 4.79 Å². The van der Waals surface area contributed by atoms with Crippen molar-refractivity contribution in [1.82, 2.24) is 19.9 Å². The molecule has 0 aliphatic carbocycles. The summed E-state index contributed by atoms with van der Waals surface area (Å²) in [6.07, 6.45) is 2.04. The van der Waals surface area contributed by atoms with Gasteiger partial charge in [0, 0.05) is 16.2 Å². The third kappa shape index (κ3) is 3.46. The molecule has 0 saturated carbocycles. The highest BCUT2D eigenvalue weighted by Crippen LogP contribution is 2.21. The Morgan fingerprint density at radius 1 is 1.26 bits per heavy atom. The van der Waals surface area contributed by atoms with Gasteiger partial charge < -0.3 is 5.32 Å². The number of nitrogens with one attached hydrogen (secondary N) is 1. The van der Waals surface area contributed by atoms with Gasteiger partial charge in [-0.15, -0.1) is 10.2 Å². The smallest absolute Gasteiger partial charge is 0.225 e. The topological polar surface area (TPSA) is 59.3 Å². The number of hydrogen-bond donors (Lipinski definition) is 1. The van der Waals surface area contributed by atoms with Crippen LogP contribution >= 0.6 is 23.2 Å². The number of carbonyl (C=O) groups excluding carboxylic acids is 1. The average molecular weight is 349 g/mol. The monoisotopic (exact) mass is 348 g/mol. The Kier molecular flexibility index (Phi) is 4.50. The first-order chi connectivity index (χ1) is 11.0. The summed E-state index contributed by atoms with van der Waals surface area (Å²) in [4.78, 5) is 12.2. The highest BCUT2D eigenvalue weighted by Gasteiger charge is 2.16. The molecular formula is C16H14Cl2N4O. The summed E-state index contributed by atoms with van der Waals surface area (Å²) in [6, 6.07) is 10.5. The van der Waals surface area contributed by atoms with E-state index in [4.69, 9.17) is 23.2 Å². The lowest BCUT2D eigenvalue weighted by molar-refractivity contribution is -0.121. The van der Waals surface area contributed by atoms with Crippen molar-refractivity contribution in [2.45, 2.75) is 19.4 Å². The fraction of sp³-hybridized carbons (Fsp3) is 0.188. The van der Waals surface area contributed by atoms with E-state index in [1.165, 1.54) is 0 Å². The third-order valence-corrected chi connectivity index (χ3v) is 4.06. The summed E-state index contributed by atoms with van der Waals surface area (Å²) in [7, 11) is 0. The molecule has 3 rings (SSSR count). The van der Waals surface area contributed by atoms with Gasteiger partial charge in [-0.25, -0.2) is 0 Å². The molecule has 0 bridgehead atoms. The lowest BCUT2D eigenvalue weighted by Gasteiger charge is -2.13. The number of halogens is 2. The second-order valence-corrected chi connectivity index (χ2v) is 6.03. The van der Waals surface area contributed by atoms with E-state index in [2.05, 4.69) is 15.5 Å². The lowest BCUT2D eigenvalue weighted by atomic mass is 10.1. The van der Waals surface area contributed by atoms with Crippen molar-refractivity contribution in [2.24, 2.45) is 0 Å². The van der Waals surface area contributed by atoms with E-state index in [0.29, 0.717) is 15.9 Å². The Morgan fingerprint density at radius 3 is 2.87 bits per heavy atom.